The molecule has 2 heterocycles. The summed E-state index contributed by atoms with van der Waals surface area (Å²) in [7, 11) is 0. The number of rotatable bonds is 0. The molecule has 2 N–H and O–H groups in total. The lowest BCUT2D eigenvalue weighted by atomic mass is 9.82. The summed E-state index contributed by atoms with van der Waals surface area (Å²) in [6.45, 7) is 5.02. The van der Waals surface area contributed by atoms with Crippen LogP contribution in [0.2, 0.25) is 0 Å². The number of fused-ring (bicyclic) bond motifs is 1. The van der Waals surface area contributed by atoms with Crippen LogP contribution in [0.5, 0.6) is 0 Å². The van der Waals surface area contributed by atoms with Gasteiger partial charge in [-0.2, -0.15) is 0 Å². The smallest absolute Gasteiger partial charge is 0.00169 e. The summed E-state index contributed by atoms with van der Waals surface area (Å²) >= 11 is 0. The second kappa shape index (κ2) is 6.03. The predicted octanol–water partition coefficient (Wildman–Crippen LogP) is 1.05. The molecule has 2 rings (SSSR count). The number of halogens is 2. The van der Waals surface area contributed by atoms with Crippen LogP contribution >= 0.6 is 24.8 Å². The molecule has 2 aliphatic rings. The van der Waals surface area contributed by atoms with Crippen molar-refractivity contribution < 1.29 is 0 Å². The van der Waals surface area contributed by atoms with Crippen molar-refractivity contribution in [1.29, 1.82) is 0 Å². The van der Waals surface area contributed by atoms with E-state index in [1.165, 1.54) is 39.0 Å². The molecule has 4 heteroatoms. The van der Waals surface area contributed by atoms with Crippen LogP contribution in [-0.4, -0.2) is 26.2 Å². The molecule has 2 saturated heterocycles. The Hall–Kier alpha value is 0.500. The van der Waals surface area contributed by atoms with Crippen LogP contribution in [0, 0.1) is 11.8 Å². The molecule has 0 amide bonds. The van der Waals surface area contributed by atoms with Gasteiger partial charge in [0.2, 0.25) is 0 Å². The van der Waals surface area contributed by atoms with Crippen molar-refractivity contribution in [2.24, 2.45) is 11.8 Å². The van der Waals surface area contributed by atoms with Gasteiger partial charge >= 0.3 is 0 Å². The Morgan fingerprint density at radius 1 is 0.750 bits per heavy atom. The first-order chi connectivity index (χ1) is 4.97. The third-order valence-corrected chi connectivity index (χ3v) is 2.86. The second-order valence-electron chi connectivity index (χ2n) is 3.51. The van der Waals surface area contributed by atoms with Gasteiger partial charge in [-0.15, -0.1) is 24.8 Å². The van der Waals surface area contributed by atoms with E-state index < -0.39 is 0 Å². The fourth-order valence-corrected chi connectivity index (χ4v) is 2.16. The van der Waals surface area contributed by atoms with Crippen LogP contribution in [0.25, 0.3) is 0 Å². The van der Waals surface area contributed by atoms with E-state index in [0.717, 1.165) is 11.8 Å². The van der Waals surface area contributed by atoms with Crippen LogP contribution in [0.4, 0.5) is 0 Å². The first-order valence-corrected chi connectivity index (χ1v) is 4.38. The maximum absolute atomic E-state index is 3.46. The SMILES string of the molecule is C1CC2CNCCC2CN1.Cl.Cl. The highest BCUT2D eigenvalue weighted by molar-refractivity contribution is 5.85. The Bertz CT molecular complexity index is 95.6. The first kappa shape index (κ1) is 12.5. The van der Waals surface area contributed by atoms with Crippen LogP contribution in [0.3, 0.4) is 0 Å². The normalized spacial score (nSPS) is 34.0. The lowest BCUT2D eigenvalue weighted by Crippen LogP contribution is -2.46. The molecule has 0 aromatic carbocycles. The summed E-state index contributed by atoms with van der Waals surface area (Å²) in [6, 6.07) is 0. The van der Waals surface area contributed by atoms with Crippen LogP contribution in [0.1, 0.15) is 12.8 Å². The van der Waals surface area contributed by atoms with Gasteiger partial charge in [0.1, 0.15) is 0 Å². The lowest BCUT2D eigenvalue weighted by Gasteiger charge is -2.36. The van der Waals surface area contributed by atoms with Gasteiger partial charge in [-0.05, 0) is 50.9 Å². The monoisotopic (exact) mass is 212 g/mol. The molecule has 0 bridgehead atoms. The topological polar surface area (TPSA) is 24.1 Å². The molecule has 0 saturated carbocycles. The zero-order valence-corrected chi connectivity index (χ0v) is 8.85. The van der Waals surface area contributed by atoms with Crippen molar-refractivity contribution in [2.45, 2.75) is 12.8 Å². The Balaban J connectivity index is 0.000000605. The minimum atomic E-state index is 0. The quantitative estimate of drug-likeness (QED) is 0.628. The van der Waals surface area contributed by atoms with Crippen LogP contribution in [0.15, 0.2) is 0 Å². The summed E-state index contributed by atoms with van der Waals surface area (Å²) in [5.41, 5.74) is 0. The Morgan fingerprint density at radius 2 is 1.17 bits per heavy atom. The Morgan fingerprint density at radius 3 is 1.58 bits per heavy atom. The Kier molecular flexibility index (Phi) is 6.28. The molecule has 0 aromatic heterocycles. The average molecular weight is 213 g/mol. The van der Waals surface area contributed by atoms with Gasteiger partial charge in [-0.1, -0.05) is 0 Å². The third kappa shape index (κ3) is 2.77. The molecule has 2 aliphatic heterocycles. The van der Waals surface area contributed by atoms with Crippen molar-refractivity contribution in [3.63, 3.8) is 0 Å². The van der Waals surface area contributed by atoms with Gasteiger partial charge in [0, 0.05) is 0 Å². The number of hydrogen-bond donors (Lipinski definition) is 2. The molecule has 0 spiro atoms. The molecule has 2 nitrogen and oxygen atoms in total. The molecule has 12 heavy (non-hydrogen) atoms. The maximum Gasteiger partial charge on any atom is -0.00169 e. The molecular formula is C8H18Cl2N2. The molecule has 0 radical (unpaired) electrons. The van der Waals surface area contributed by atoms with E-state index in [0.29, 0.717) is 0 Å². The van der Waals surface area contributed by atoms with E-state index in [9.17, 15) is 0 Å². The standard InChI is InChI=1S/C8H16N2.2ClH/c1-3-9-6-8-2-4-10-5-7(1)8;;/h7-10H,1-6H2;2*1H. The van der Waals surface area contributed by atoms with E-state index >= 15 is 0 Å². The van der Waals surface area contributed by atoms with Crippen LogP contribution in [-0.2, 0) is 0 Å². The number of nitrogens with one attached hydrogen (secondary N) is 2. The molecule has 0 aliphatic carbocycles. The fourth-order valence-electron chi connectivity index (χ4n) is 2.16. The highest BCUT2D eigenvalue weighted by Crippen LogP contribution is 2.23. The van der Waals surface area contributed by atoms with Crippen molar-refractivity contribution in [1.82, 2.24) is 10.6 Å². The second-order valence-corrected chi connectivity index (χ2v) is 3.51. The molecule has 2 fully saturated rings. The summed E-state index contributed by atoms with van der Waals surface area (Å²) in [6.07, 6.45) is 2.77. The minimum absolute atomic E-state index is 0. The van der Waals surface area contributed by atoms with Gasteiger partial charge in [-0.25, -0.2) is 0 Å². The van der Waals surface area contributed by atoms with Gasteiger partial charge < -0.3 is 10.6 Å². The maximum atomic E-state index is 3.46. The van der Waals surface area contributed by atoms with Gasteiger partial charge in [-0.3, -0.25) is 0 Å². The van der Waals surface area contributed by atoms with E-state index in [2.05, 4.69) is 10.6 Å². The third-order valence-electron chi connectivity index (χ3n) is 2.86. The number of piperidine rings is 2. The summed E-state index contributed by atoms with van der Waals surface area (Å²) in [5, 5.41) is 6.91. The van der Waals surface area contributed by atoms with E-state index in [4.69, 9.17) is 0 Å². The van der Waals surface area contributed by atoms with Crippen molar-refractivity contribution >= 4 is 24.8 Å². The Labute approximate surface area is 86.7 Å². The van der Waals surface area contributed by atoms with Crippen LogP contribution < -0.4 is 10.6 Å². The van der Waals surface area contributed by atoms with Crippen molar-refractivity contribution in [3.8, 4) is 0 Å². The molecule has 2 unspecified atom stereocenters. The van der Waals surface area contributed by atoms with Crippen molar-refractivity contribution in [2.75, 3.05) is 26.2 Å². The largest absolute Gasteiger partial charge is 0.316 e. The zero-order chi connectivity index (χ0) is 6.81. The van der Waals surface area contributed by atoms with E-state index in [1.54, 1.807) is 0 Å². The lowest BCUT2D eigenvalue weighted by molar-refractivity contribution is 0.200. The highest BCUT2D eigenvalue weighted by atomic mass is 35.5. The molecule has 74 valence electrons. The summed E-state index contributed by atoms with van der Waals surface area (Å²) < 4.78 is 0. The van der Waals surface area contributed by atoms with Gasteiger partial charge in [0.25, 0.3) is 0 Å². The summed E-state index contributed by atoms with van der Waals surface area (Å²) in [4.78, 5) is 0. The fraction of sp³-hybridized carbons (Fsp3) is 1.00. The summed E-state index contributed by atoms with van der Waals surface area (Å²) in [5.74, 6) is 1.96. The van der Waals surface area contributed by atoms with E-state index in [1.807, 2.05) is 0 Å². The van der Waals surface area contributed by atoms with Crippen molar-refractivity contribution in [3.05, 3.63) is 0 Å². The first-order valence-electron chi connectivity index (χ1n) is 4.38. The van der Waals surface area contributed by atoms with E-state index in [-0.39, 0.29) is 24.8 Å². The minimum Gasteiger partial charge on any atom is -0.316 e. The van der Waals surface area contributed by atoms with Gasteiger partial charge in [0.15, 0.2) is 0 Å². The highest BCUT2D eigenvalue weighted by Gasteiger charge is 2.26. The molecule has 0 aromatic rings. The van der Waals surface area contributed by atoms with Gasteiger partial charge in [0.05, 0.1) is 0 Å². The molecular weight excluding hydrogens is 195 g/mol. The average Bonchev–Trinajstić information content (AvgIpc) is 2.05. The zero-order valence-electron chi connectivity index (χ0n) is 7.21. The number of hydrogen-bond acceptors (Lipinski definition) is 2. The predicted molar refractivity (Wildman–Crippen MR) is 56.4 cm³/mol. The molecule has 2 atom stereocenters.